The minimum Gasteiger partial charge on any atom is -0.483 e. The topological polar surface area (TPSA) is 82.5 Å². The molecule has 168 valence electrons. The number of aryl methyl sites for hydroxylation is 1. The molecule has 1 N–H and O–H groups in total. The van der Waals surface area contributed by atoms with Crippen molar-refractivity contribution in [3.63, 3.8) is 0 Å². The molecule has 0 radical (unpaired) electrons. The Bertz CT molecular complexity index is 1100. The molecule has 3 rings (SSSR count). The molecule has 1 aromatic heterocycles. The third-order valence-corrected chi connectivity index (χ3v) is 4.83. The summed E-state index contributed by atoms with van der Waals surface area (Å²) >= 11 is 0. The molecule has 3 aromatic rings. The normalized spacial score (nSPS) is 11.2. The fraction of sp³-hybridized carbons (Fsp3) is 0.320. The number of anilines is 1. The zero-order valence-electron chi connectivity index (χ0n) is 19.1. The maximum Gasteiger partial charge on any atom is 0.343 e. The predicted octanol–water partition coefficient (Wildman–Crippen LogP) is 4.67. The number of benzene rings is 2. The zero-order valence-corrected chi connectivity index (χ0v) is 19.1. The molecular formula is C25H29N3O4. The molecule has 0 aliphatic rings. The highest BCUT2D eigenvalue weighted by atomic mass is 16.5. The number of aromatic nitrogens is 2. The van der Waals surface area contributed by atoms with Crippen LogP contribution < -0.4 is 10.1 Å². The van der Waals surface area contributed by atoms with Gasteiger partial charge in [-0.05, 0) is 43.0 Å². The number of ether oxygens (including phenoxy) is 2. The molecule has 0 atom stereocenters. The summed E-state index contributed by atoms with van der Waals surface area (Å²) in [6, 6.07) is 15.1. The highest BCUT2D eigenvalue weighted by molar-refractivity contribution is 6.01. The summed E-state index contributed by atoms with van der Waals surface area (Å²) in [6.07, 6.45) is 1.39. The molecule has 1 amide bonds. The first-order chi connectivity index (χ1) is 15.2. The number of nitrogens with one attached hydrogen (secondary N) is 1. The van der Waals surface area contributed by atoms with Crippen molar-refractivity contribution in [2.24, 2.45) is 0 Å². The van der Waals surface area contributed by atoms with Crippen molar-refractivity contribution in [3.05, 3.63) is 71.4 Å². The van der Waals surface area contributed by atoms with Crippen LogP contribution in [0.25, 0.3) is 5.69 Å². The molecule has 7 heteroatoms. The standard InChI is InChI=1S/C25H29N3O4/c1-6-31-24(30)19-15-26-28(18-10-8-7-9-11-18)23(19)27-22(29)16-32-21-13-12-17(2)14-20(21)25(3,4)5/h7-15H,6,16H2,1-5H3,(H,27,29). The van der Waals surface area contributed by atoms with E-state index in [4.69, 9.17) is 9.47 Å². The van der Waals surface area contributed by atoms with Gasteiger partial charge in [-0.1, -0.05) is 56.7 Å². The number of para-hydroxylation sites is 1. The Hall–Kier alpha value is -3.61. The van der Waals surface area contributed by atoms with Crippen LogP contribution in [0.5, 0.6) is 5.75 Å². The number of amides is 1. The van der Waals surface area contributed by atoms with Crippen LogP contribution in [-0.2, 0) is 14.9 Å². The molecule has 7 nitrogen and oxygen atoms in total. The molecule has 1 heterocycles. The summed E-state index contributed by atoms with van der Waals surface area (Å²) in [5.41, 5.74) is 2.88. The zero-order chi connectivity index (χ0) is 23.3. The average Bonchev–Trinajstić information content (AvgIpc) is 3.16. The SMILES string of the molecule is CCOC(=O)c1cnn(-c2ccccc2)c1NC(=O)COc1ccc(C)cc1C(C)(C)C. The van der Waals surface area contributed by atoms with Gasteiger partial charge in [0.05, 0.1) is 18.5 Å². The van der Waals surface area contributed by atoms with Gasteiger partial charge in [0, 0.05) is 0 Å². The fourth-order valence-electron chi connectivity index (χ4n) is 3.26. The van der Waals surface area contributed by atoms with E-state index < -0.39 is 11.9 Å². The Balaban J connectivity index is 1.83. The highest BCUT2D eigenvalue weighted by Gasteiger charge is 2.23. The first kappa shape index (κ1) is 23.1. The number of carbonyl (C=O) groups excluding carboxylic acids is 2. The second-order valence-corrected chi connectivity index (χ2v) is 8.46. The lowest BCUT2D eigenvalue weighted by Gasteiger charge is -2.23. The molecule has 0 saturated heterocycles. The molecular weight excluding hydrogens is 406 g/mol. The largest absolute Gasteiger partial charge is 0.483 e. The minimum atomic E-state index is -0.556. The van der Waals surface area contributed by atoms with E-state index in [-0.39, 0.29) is 30.0 Å². The second kappa shape index (κ2) is 9.68. The van der Waals surface area contributed by atoms with Crippen LogP contribution >= 0.6 is 0 Å². The van der Waals surface area contributed by atoms with Gasteiger partial charge in [0.1, 0.15) is 11.3 Å². The molecule has 2 aromatic carbocycles. The number of hydrogen-bond donors (Lipinski definition) is 1. The Morgan fingerprint density at radius 1 is 1.09 bits per heavy atom. The van der Waals surface area contributed by atoms with Gasteiger partial charge in [0.25, 0.3) is 5.91 Å². The molecule has 32 heavy (non-hydrogen) atoms. The van der Waals surface area contributed by atoms with Crippen molar-refractivity contribution in [2.75, 3.05) is 18.5 Å². The summed E-state index contributed by atoms with van der Waals surface area (Å²) in [7, 11) is 0. The van der Waals surface area contributed by atoms with Gasteiger partial charge in [0.15, 0.2) is 12.4 Å². The molecule has 0 aliphatic carbocycles. The van der Waals surface area contributed by atoms with Crippen molar-refractivity contribution in [3.8, 4) is 11.4 Å². The van der Waals surface area contributed by atoms with Crippen molar-refractivity contribution in [1.29, 1.82) is 0 Å². The van der Waals surface area contributed by atoms with Gasteiger partial charge in [0.2, 0.25) is 0 Å². The fourth-order valence-corrected chi connectivity index (χ4v) is 3.26. The quantitative estimate of drug-likeness (QED) is 0.545. The molecule has 0 spiro atoms. The molecule has 0 fully saturated rings. The smallest absolute Gasteiger partial charge is 0.343 e. The van der Waals surface area contributed by atoms with Crippen molar-refractivity contribution >= 4 is 17.7 Å². The Labute approximate surface area is 188 Å². The number of esters is 1. The number of rotatable bonds is 7. The lowest BCUT2D eigenvalue weighted by atomic mass is 9.85. The van der Waals surface area contributed by atoms with Crippen LogP contribution in [0.15, 0.2) is 54.7 Å². The lowest BCUT2D eigenvalue weighted by molar-refractivity contribution is -0.118. The first-order valence-electron chi connectivity index (χ1n) is 10.5. The van der Waals surface area contributed by atoms with Crippen LogP contribution in [0.2, 0.25) is 0 Å². The highest BCUT2D eigenvalue weighted by Crippen LogP contribution is 2.32. The Morgan fingerprint density at radius 3 is 2.47 bits per heavy atom. The Morgan fingerprint density at radius 2 is 1.81 bits per heavy atom. The maximum atomic E-state index is 12.8. The van der Waals surface area contributed by atoms with Crippen molar-refractivity contribution in [2.45, 2.75) is 40.0 Å². The van der Waals surface area contributed by atoms with Gasteiger partial charge in [-0.3, -0.25) is 4.79 Å². The van der Waals surface area contributed by atoms with Crippen LogP contribution in [0.1, 0.15) is 49.2 Å². The van der Waals surface area contributed by atoms with E-state index in [9.17, 15) is 9.59 Å². The predicted molar refractivity (Wildman–Crippen MR) is 124 cm³/mol. The second-order valence-electron chi connectivity index (χ2n) is 8.46. The number of hydrogen-bond acceptors (Lipinski definition) is 5. The van der Waals surface area contributed by atoms with Gasteiger partial charge in [-0.2, -0.15) is 5.10 Å². The summed E-state index contributed by atoms with van der Waals surface area (Å²) in [6.45, 7) is 10.0. The van der Waals surface area contributed by atoms with E-state index in [1.807, 2.05) is 49.4 Å². The summed E-state index contributed by atoms with van der Waals surface area (Å²) < 4.78 is 12.5. The summed E-state index contributed by atoms with van der Waals surface area (Å²) in [4.78, 5) is 25.2. The number of nitrogens with zero attached hydrogens (tertiary/aromatic N) is 2. The van der Waals surface area contributed by atoms with E-state index in [0.717, 1.165) is 11.1 Å². The summed E-state index contributed by atoms with van der Waals surface area (Å²) in [5, 5.41) is 7.05. The van der Waals surface area contributed by atoms with Gasteiger partial charge in [-0.15, -0.1) is 0 Å². The van der Waals surface area contributed by atoms with Gasteiger partial charge in [-0.25, -0.2) is 9.48 Å². The molecule has 0 saturated carbocycles. The van der Waals surface area contributed by atoms with E-state index in [1.54, 1.807) is 6.92 Å². The van der Waals surface area contributed by atoms with E-state index in [2.05, 4.69) is 37.3 Å². The molecule has 0 unspecified atom stereocenters. The minimum absolute atomic E-state index is 0.138. The Kier molecular flexibility index (Phi) is 6.98. The maximum absolute atomic E-state index is 12.8. The average molecular weight is 436 g/mol. The lowest BCUT2D eigenvalue weighted by Crippen LogP contribution is -2.24. The van der Waals surface area contributed by atoms with Crippen LogP contribution in [-0.4, -0.2) is 34.9 Å². The van der Waals surface area contributed by atoms with Crippen molar-refractivity contribution in [1.82, 2.24) is 9.78 Å². The van der Waals surface area contributed by atoms with E-state index in [0.29, 0.717) is 11.4 Å². The van der Waals surface area contributed by atoms with E-state index in [1.165, 1.54) is 10.9 Å². The van der Waals surface area contributed by atoms with Gasteiger partial charge >= 0.3 is 5.97 Å². The van der Waals surface area contributed by atoms with Crippen molar-refractivity contribution < 1.29 is 19.1 Å². The van der Waals surface area contributed by atoms with Crippen LogP contribution in [0, 0.1) is 6.92 Å². The van der Waals surface area contributed by atoms with Crippen LogP contribution in [0.4, 0.5) is 5.82 Å². The first-order valence-corrected chi connectivity index (χ1v) is 10.5. The van der Waals surface area contributed by atoms with E-state index >= 15 is 0 Å². The molecule has 0 bridgehead atoms. The third-order valence-electron chi connectivity index (χ3n) is 4.83. The number of carbonyl (C=O) groups is 2. The monoisotopic (exact) mass is 435 g/mol. The summed E-state index contributed by atoms with van der Waals surface area (Å²) in [5.74, 6) is -0.0725. The molecule has 0 aliphatic heterocycles. The third kappa shape index (κ3) is 5.35. The van der Waals surface area contributed by atoms with Crippen LogP contribution in [0.3, 0.4) is 0 Å². The van der Waals surface area contributed by atoms with Gasteiger partial charge < -0.3 is 14.8 Å².